The van der Waals surface area contributed by atoms with Gasteiger partial charge in [0.2, 0.25) is 0 Å². The maximum Gasteiger partial charge on any atom is 0.253 e. The minimum atomic E-state index is 0.161. The summed E-state index contributed by atoms with van der Waals surface area (Å²) in [5.74, 6) is 1.22. The third-order valence-electron chi connectivity index (χ3n) is 4.94. The summed E-state index contributed by atoms with van der Waals surface area (Å²) in [6, 6.07) is 20.3. The zero-order valence-corrected chi connectivity index (χ0v) is 19.3. The molecule has 1 fully saturated rings. The smallest absolute Gasteiger partial charge is 0.253 e. The highest BCUT2D eigenvalue weighted by molar-refractivity contribution is 5.94. The summed E-state index contributed by atoms with van der Waals surface area (Å²) in [6.07, 6.45) is 3.68. The summed E-state index contributed by atoms with van der Waals surface area (Å²) in [6.45, 7) is 12.3. The first-order valence-electron chi connectivity index (χ1n) is 11.0. The van der Waals surface area contributed by atoms with Gasteiger partial charge in [0.1, 0.15) is 0 Å². The minimum absolute atomic E-state index is 0.161. The molecule has 3 rings (SSSR count). The molecule has 0 bridgehead atoms. The van der Waals surface area contributed by atoms with E-state index in [1.165, 1.54) is 18.4 Å². The number of aliphatic hydroxyl groups excluding tert-OH is 1. The van der Waals surface area contributed by atoms with Crippen molar-refractivity contribution in [3.05, 3.63) is 71.8 Å². The molecule has 1 amide bonds. The lowest BCUT2D eigenvalue weighted by molar-refractivity contribution is 0.0661. The van der Waals surface area contributed by atoms with Crippen LogP contribution in [-0.4, -0.2) is 36.1 Å². The van der Waals surface area contributed by atoms with E-state index in [-0.39, 0.29) is 5.91 Å². The van der Waals surface area contributed by atoms with Crippen LogP contribution in [0.4, 0.5) is 0 Å². The average Bonchev–Trinajstić information content (AvgIpc) is 2.82. The van der Waals surface area contributed by atoms with Crippen LogP contribution < -0.4 is 0 Å². The van der Waals surface area contributed by atoms with Gasteiger partial charge in [0, 0.05) is 25.8 Å². The zero-order valence-electron chi connectivity index (χ0n) is 19.3. The van der Waals surface area contributed by atoms with Gasteiger partial charge in [0.25, 0.3) is 5.91 Å². The second-order valence-electron chi connectivity index (χ2n) is 6.90. The lowest BCUT2D eigenvalue weighted by Crippen LogP contribution is -2.42. The molecule has 1 heterocycles. The molecule has 3 heteroatoms. The Balaban J connectivity index is 0.000000859. The number of likely N-dealkylation sites (tertiary alicyclic amines) is 1. The summed E-state index contributed by atoms with van der Waals surface area (Å²) in [5.41, 5.74) is 2.19. The Labute approximate surface area is 178 Å². The lowest BCUT2D eigenvalue weighted by atomic mass is 9.81. The van der Waals surface area contributed by atoms with Crippen LogP contribution in [0.3, 0.4) is 0 Å². The Morgan fingerprint density at radius 1 is 0.931 bits per heavy atom. The highest BCUT2D eigenvalue weighted by Crippen LogP contribution is 2.33. The SMILES string of the molecule is CC.CC1CN(C(=O)c2ccccc2)CC[C@H]1c1ccccc1.CCCC.CO. The average molecular weight is 400 g/mol. The summed E-state index contributed by atoms with van der Waals surface area (Å²) in [5, 5.41) is 7.00. The Kier molecular flexibility index (Phi) is 15.6. The van der Waals surface area contributed by atoms with Crippen LogP contribution in [0.2, 0.25) is 0 Å². The number of rotatable bonds is 3. The summed E-state index contributed by atoms with van der Waals surface area (Å²) < 4.78 is 0. The van der Waals surface area contributed by atoms with Crippen molar-refractivity contribution in [1.29, 1.82) is 0 Å². The topological polar surface area (TPSA) is 40.5 Å². The Hall–Kier alpha value is -2.13. The molecule has 1 N–H and O–H groups in total. The van der Waals surface area contributed by atoms with Gasteiger partial charge in [-0.2, -0.15) is 0 Å². The van der Waals surface area contributed by atoms with Crippen LogP contribution in [0.15, 0.2) is 60.7 Å². The van der Waals surface area contributed by atoms with Gasteiger partial charge in [-0.3, -0.25) is 4.79 Å². The van der Waals surface area contributed by atoms with Gasteiger partial charge in [-0.05, 0) is 36.0 Å². The van der Waals surface area contributed by atoms with Crippen molar-refractivity contribution in [3.8, 4) is 0 Å². The van der Waals surface area contributed by atoms with Gasteiger partial charge < -0.3 is 10.0 Å². The Morgan fingerprint density at radius 3 is 1.86 bits per heavy atom. The van der Waals surface area contributed by atoms with Crippen LogP contribution in [-0.2, 0) is 0 Å². The monoisotopic (exact) mass is 399 g/mol. The molecule has 0 radical (unpaired) electrons. The van der Waals surface area contributed by atoms with Crippen molar-refractivity contribution in [1.82, 2.24) is 4.90 Å². The predicted octanol–water partition coefficient (Wildman–Crippen LogP) is 6.39. The molecule has 0 aliphatic carbocycles. The first kappa shape index (κ1) is 26.9. The molecule has 0 spiro atoms. The molecule has 2 aromatic carbocycles. The summed E-state index contributed by atoms with van der Waals surface area (Å²) in [7, 11) is 1.00. The molecule has 1 saturated heterocycles. The summed E-state index contributed by atoms with van der Waals surface area (Å²) >= 11 is 0. The highest BCUT2D eigenvalue weighted by atomic mass is 16.2. The van der Waals surface area contributed by atoms with E-state index in [0.717, 1.165) is 32.2 Å². The molecule has 162 valence electrons. The number of benzene rings is 2. The first-order valence-corrected chi connectivity index (χ1v) is 11.0. The lowest BCUT2D eigenvalue weighted by Gasteiger charge is -2.37. The molecule has 1 aliphatic rings. The van der Waals surface area contributed by atoms with E-state index in [4.69, 9.17) is 5.11 Å². The van der Waals surface area contributed by atoms with Gasteiger partial charge >= 0.3 is 0 Å². The van der Waals surface area contributed by atoms with E-state index in [1.807, 2.05) is 49.1 Å². The number of carbonyl (C=O) groups excluding carboxylic acids is 1. The molecular formula is C26H41NO2. The van der Waals surface area contributed by atoms with E-state index in [2.05, 4.69) is 51.1 Å². The second-order valence-corrected chi connectivity index (χ2v) is 6.90. The normalized spacial score (nSPS) is 17.4. The molecule has 2 atom stereocenters. The van der Waals surface area contributed by atoms with E-state index in [9.17, 15) is 4.79 Å². The number of unbranched alkanes of at least 4 members (excludes halogenated alkanes) is 1. The van der Waals surface area contributed by atoms with Crippen LogP contribution in [0.5, 0.6) is 0 Å². The van der Waals surface area contributed by atoms with E-state index >= 15 is 0 Å². The van der Waals surface area contributed by atoms with Crippen LogP contribution >= 0.6 is 0 Å². The number of amides is 1. The zero-order chi connectivity index (χ0) is 22.1. The number of hydrogen-bond donors (Lipinski definition) is 1. The number of aliphatic hydroxyl groups is 1. The molecule has 0 aromatic heterocycles. The molecule has 1 unspecified atom stereocenters. The number of piperidine rings is 1. The second kappa shape index (κ2) is 16.8. The van der Waals surface area contributed by atoms with Crippen molar-refractivity contribution in [3.63, 3.8) is 0 Å². The molecule has 0 saturated carbocycles. The third-order valence-corrected chi connectivity index (χ3v) is 4.94. The quantitative estimate of drug-likeness (QED) is 0.649. The fraction of sp³-hybridized carbons (Fsp3) is 0.500. The van der Waals surface area contributed by atoms with Crippen molar-refractivity contribution in [2.24, 2.45) is 5.92 Å². The summed E-state index contributed by atoms with van der Waals surface area (Å²) in [4.78, 5) is 14.5. The standard InChI is InChI=1S/C19H21NO.C4H10.C2H6.CH4O/c1-15-14-20(19(21)17-10-6-3-7-11-17)13-12-18(15)16-8-4-2-5-9-16;1-3-4-2;2*1-2/h2-11,15,18H,12-14H2,1H3;3-4H2,1-2H3;1-2H3;2H,1H3/t15?,18-;;;/m1.../s1. The van der Waals surface area contributed by atoms with Crippen molar-refractivity contribution in [2.45, 2.75) is 59.8 Å². The fourth-order valence-corrected chi connectivity index (χ4v) is 3.29. The molecule has 1 aliphatic heterocycles. The molecular weight excluding hydrogens is 358 g/mol. The predicted molar refractivity (Wildman–Crippen MR) is 125 cm³/mol. The van der Waals surface area contributed by atoms with E-state index in [0.29, 0.717) is 11.8 Å². The van der Waals surface area contributed by atoms with Gasteiger partial charge in [-0.1, -0.05) is 96.0 Å². The van der Waals surface area contributed by atoms with Crippen molar-refractivity contribution < 1.29 is 9.90 Å². The van der Waals surface area contributed by atoms with Crippen molar-refractivity contribution in [2.75, 3.05) is 20.2 Å². The maximum atomic E-state index is 12.5. The third kappa shape index (κ3) is 9.27. The molecule has 3 nitrogen and oxygen atoms in total. The molecule has 2 aromatic rings. The minimum Gasteiger partial charge on any atom is -0.400 e. The Morgan fingerprint density at radius 2 is 1.41 bits per heavy atom. The maximum absolute atomic E-state index is 12.5. The van der Waals surface area contributed by atoms with Gasteiger partial charge in [0.05, 0.1) is 0 Å². The van der Waals surface area contributed by atoms with Gasteiger partial charge in [-0.15, -0.1) is 0 Å². The Bertz CT molecular complexity index is 626. The fourth-order valence-electron chi connectivity index (χ4n) is 3.29. The van der Waals surface area contributed by atoms with E-state index < -0.39 is 0 Å². The largest absolute Gasteiger partial charge is 0.400 e. The number of hydrogen-bond acceptors (Lipinski definition) is 2. The first-order chi connectivity index (χ1) is 14.2. The number of carbonyl (C=O) groups is 1. The van der Waals surface area contributed by atoms with Gasteiger partial charge in [0.15, 0.2) is 0 Å². The van der Waals surface area contributed by atoms with Crippen molar-refractivity contribution >= 4 is 5.91 Å². The van der Waals surface area contributed by atoms with Gasteiger partial charge in [-0.25, -0.2) is 0 Å². The van der Waals surface area contributed by atoms with E-state index in [1.54, 1.807) is 0 Å². The van der Waals surface area contributed by atoms with Crippen LogP contribution in [0.1, 0.15) is 75.7 Å². The van der Waals surface area contributed by atoms with Crippen LogP contribution in [0.25, 0.3) is 0 Å². The molecule has 29 heavy (non-hydrogen) atoms. The number of nitrogens with zero attached hydrogens (tertiary/aromatic N) is 1. The van der Waals surface area contributed by atoms with Crippen LogP contribution in [0, 0.1) is 5.92 Å². The highest BCUT2D eigenvalue weighted by Gasteiger charge is 2.29.